The average Bonchev–Trinajstić information content (AvgIpc) is 2.79. The topological polar surface area (TPSA) is 49.3 Å². The molecule has 1 fully saturated rings. The highest BCUT2D eigenvalue weighted by Crippen LogP contribution is 2.37. The zero-order valence-electron chi connectivity index (χ0n) is 11.9. The molecule has 4 heteroatoms. The third kappa shape index (κ3) is 3.74. The Morgan fingerprint density at radius 2 is 2.35 bits per heavy atom. The van der Waals surface area contributed by atoms with Crippen LogP contribution in [-0.4, -0.2) is 23.7 Å². The lowest BCUT2D eigenvalue weighted by Gasteiger charge is -2.30. The quantitative estimate of drug-likeness (QED) is 0.877. The Labute approximate surface area is 125 Å². The van der Waals surface area contributed by atoms with Crippen molar-refractivity contribution in [2.75, 3.05) is 6.61 Å². The molecular weight excluding hydrogens is 274 g/mol. The summed E-state index contributed by atoms with van der Waals surface area (Å²) in [6.07, 6.45) is 4.15. The van der Waals surface area contributed by atoms with E-state index in [9.17, 15) is 9.90 Å². The van der Waals surface area contributed by atoms with Crippen LogP contribution >= 0.6 is 11.6 Å². The molecule has 0 bridgehead atoms. The zero-order chi connectivity index (χ0) is 14.6. The minimum Gasteiger partial charge on any atom is -0.396 e. The van der Waals surface area contributed by atoms with Crippen molar-refractivity contribution < 1.29 is 9.90 Å². The van der Waals surface area contributed by atoms with Crippen LogP contribution in [0.5, 0.6) is 0 Å². The largest absolute Gasteiger partial charge is 0.396 e. The lowest BCUT2D eigenvalue weighted by Crippen LogP contribution is -2.44. The van der Waals surface area contributed by atoms with Gasteiger partial charge in [-0.3, -0.25) is 4.79 Å². The molecular formula is C16H22ClNO2. The van der Waals surface area contributed by atoms with Gasteiger partial charge >= 0.3 is 0 Å². The molecule has 1 aromatic carbocycles. The number of aliphatic hydroxyl groups is 1. The Bertz CT molecular complexity index is 477. The molecule has 20 heavy (non-hydrogen) atoms. The first-order valence-corrected chi connectivity index (χ1v) is 7.56. The van der Waals surface area contributed by atoms with Gasteiger partial charge in [-0.25, -0.2) is 0 Å². The van der Waals surface area contributed by atoms with Crippen molar-refractivity contribution in [3.8, 4) is 0 Å². The molecule has 2 N–H and O–H groups in total. The van der Waals surface area contributed by atoms with E-state index in [0.717, 1.165) is 24.8 Å². The molecule has 1 aromatic rings. The summed E-state index contributed by atoms with van der Waals surface area (Å²) < 4.78 is 0. The Kier molecular flexibility index (Phi) is 5.06. The van der Waals surface area contributed by atoms with Crippen molar-refractivity contribution in [1.29, 1.82) is 0 Å². The Morgan fingerprint density at radius 3 is 3.05 bits per heavy atom. The van der Waals surface area contributed by atoms with Gasteiger partial charge < -0.3 is 10.4 Å². The van der Waals surface area contributed by atoms with Crippen LogP contribution in [0.25, 0.3) is 0 Å². The molecule has 1 aliphatic rings. The van der Waals surface area contributed by atoms with E-state index in [4.69, 9.17) is 11.6 Å². The van der Waals surface area contributed by atoms with E-state index in [1.54, 1.807) is 0 Å². The van der Waals surface area contributed by atoms with Crippen molar-refractivity contribution in [3.05, 3.63) is 34.9 Å². The SMILES string of the molecule is CC1(CO)CCCC1NC(=O)CCc1cccc(Cl)c1. The number of benzene rings is 1. The number of nitrogens with one attached hydrogen (secondary N) is 1. The van der Waals surface area contributed by atoms with Crippen molar-refractivity contribution in [2.24, 2.45) is 5.41 Å². The molecule has 0 saturated heterocycles. The van der Waals surface area contributed by atoms with E-state index < -0.39 is 0 Å². The van der Waals surface area contributed by atoms with Gasteiger partial charge in [0.1, 0.15) is 0 Å². The second-order valence-electron chi connectivity index (χ2n) is 5.95. The van der Waals surface area contributed by atoms with Crippen molar-refractivity contribution in [1.82, 2.24) is 5.32 Å². The Morgan fingerprint density at radius 1 is 1.55 bits per heavy atom. The Balaban J connectivity index is 1.84. The maximum Gasteiger partial charge on any atom is 0.220 e. The standard InChI is InChI=1S/C16H22ClNO2/c1-16(11-19)9-3-6-14(16)18-15(20)8-7-12-4-2-5-13(17)10-12/h2,4-5,10,14,19H,3,6-9,11H2,1H3,(H,18,20). The van der Waals surface area contributed by atoms with Crippen molar-refractivity contribution >= 4 is 17.5 Å². The van der Waals surface area contributed by atoms with Gasteiger partial charge in [-0.05, 0) is 37.0 Å². The van der Waals surface area contributed by atoms with E-state index in [0.29, 0.717) is 17.9 Å². The molecule has 3 nitrogen and oxygen atoms in total. The summed E-state index contributed by atoms with van der Waals surface area (Å²) in [7, 11) is 0. The first-order chi connectivity index (χ1) is 9.53. The normalized spacial score (nSPS) is 25.6. The fourth-order valence-electron chi connectivity index (χ4n) is 2.89. The van der Waals surface area contributed by atoms with Gasteiger partial charge in [0, 0.05) is 22.9 Å². The fraction of sp³-hybridized carbons (Fsp3) is 0.562. The molecule has 0 heterocycles. The molecule has 0 spiro atoms. The van der Waals surface area contributed by atoms with Crippen LogP contribution in [0.1, 0.15) is 38.2 Å². The molecule has 2 atom stereocenters. The van der Waals surface area contributed by atoms with E-state index in [1.165, 1.54) is 0 Å². The molecule has 0 radical (unpaired) electrons. The third-order valence-corrected chi connectivity index (χ3v) is 4.54. The monoisotopic (exact) mass is 295 g/mol. The number of carbonyl (C=O) groups excluding carboxylic acids is 1. The molecule has 1 amide bonds. The number of aryl methyl sites for hydroxylation is 1. The molecule has 2 unspecified atom stereocenters. The van der Waals surface area contributed by atoms with Gasteiger partial charge in [-0.15, -0.1) is 0 Å². The number of carbonyl (C=O) groups is 1. The highest BCUT2D eigenvalue weighted by Gasteiger charge is 2.38. The number of aliphatic hydroxyl groups excluding tert-OH is 1. The van der Waals surface area contributed by atoms with E-state index in [2.05, 4.69) is 5.32 Å². The average molecular weight is 296 g/mol. The summed E-state index contributed by atoms with van der Waals surface area (Å²) in [6, 6.07) is 7.69. The van der Waals surface area contributed by atoms with Crippen LogP contribution in [0.3, 0.4) is 0 Å². The van der Waals surface area contributed by atoms with Crippen LogP contribution in [0.2, 0.25) is 5.02 Å². The third-order valence-electron chi connectivity index (χ3n) is 4.31. The lowest BCUT2D eigenvalue weighted by molar-refractivity contribution is -0.122. The first-order valence-electron chi connectivity index (χ1n) is 7.18. The van der Waals surface area contributed by atoms with E-state index >= 15 is 0 Å². The second kappa shape index (κ2) is 6.59. The van der Waals surface area contributed by atoms with Crippen molar-refractivity contribution in [3.63, 3.8) is 0 Å². The summed E-state index contributed by atoms with van der Waals surface area (Å²) in [4.78, 5) is 12.0. The molecule has 1 aliphatic carbocycles. The van der Waals surface area contributed by atoms with Crippen LogP contribution in [0, 0.1) is 5.41 Å². The van der Waals surface area contributed by atoms with Crippen LogP contribution in [0.15, 0.2) is 24.3 Å². The summed E-state index contributed by atoms with van der Waals surface area (Å²) in [5, 5.41) is 13.3. The van der Waals surface area contributed by atoms with Crippen LogP contribution in [0.4, 0.5) is 0 Å². The number of hydrogen-bond donors (Lipinski definition) is 2. The predicted molar refractivity (Wildman–Crippen MR) is 80.7 cm³/mol. The van der Waals surface area contributed by atoms with Gasteiger partial charge in [0.15, 0.2) is 0 Å². The maximum absolute atomic E-state index is 12.0. The fourth-order valence-corrected chi connectivity index (χ4v) is 3.10. The lowest BCUT2D eigenvalue weighted by atomic mass is 9.85. The van der Waals surface area contributed by atoms with Gasteiger partial charge in [0.2, 0.25) is 5.91 Å². The summed E-state index contributed by atoms with van der Waals surface area (Å²) in [6.45, 7) is 2.17. The minimum absolute atomic E-state index is 0.0524. The predicted octanol–water partition coefficient (Wildman–Crippen LogP) is 2.94. The van der Waals surface area contributed by atoms with Crippen molar-refractivity contribution in [2.45, 2.75) is 45.1 Å². The smallest absolute Gasteiger partial charge is 0.220 e. The molecule has 2 rings (SSSR count). The highest BCUT2D eigenvalue weighted by molar-refractivity contribution is 6.30. The maximum atomic E-state index is 12.0. The second-order valence-corrected chi connectivity index (χ2v) is 6.39. The van der Waals surface area contributed by atoms with E-state index in [1.807, 2.05) is 31.2 Å². The van der Waals surface area contributed by atoms with Crippen LogP contribution < -0.4 is 5.32 Å². The summed E-state index contributed by atoms with van der Waals surface area (Å²) in [5.74, 6) is 0.0524. The number of hydrogen-bond acceptors (Lipinski definition) is 2. The zero-order valence-corrected chi connectivity index (χ0v) is 12.6. The first kappa shape index (κ1) is 15.3. The Hall–Kier alpha value is -1.06. The van der Waals surface area contributed by atoms with E-state index in [-0.39, 0.29) is 24.0 Å². The summed E-state index contributed by atoms with van der Waals surface area (Å²) >= 11 is 5.93. The minimum atomic E-state index is -0.161. The number of rotatable bonds is 5. The number of amides is 1. The summed E-state index contributed by atoms with van der Waals surface area (Å²) in [5.41, 5.74) is 0.912. The van der Waals surface area contributed by atoms with Gasteiger partial charge in [0.25, 0.3) is 0 Å². The van der Waals surface area contributed by atoms with Gasteiger partial charge in [0.05, 0.1) is 6.61 Å². The highest BCUT2D eigenvalue weighted by atomic mass is 35.5. The van der Waals surface area contributed by atoms with Gasteiger partial charge in [-0.1, -0.05) is 37.1 Å². The van der Waals surface area contributed by atoms with Crippen LogP contribution in [-0.2, 0) is 11.2 Å². The van der Waals surface area contributed by atoms with Gasteiger partial charge in [-0.2, -0.15) is 0 Å². The number of halogens is 1. The molecule has 0 aromatic heterocycles. The molecule has 0 aliphatic heterocycles. The molecule has 1 saturated carbocycles. The molecule has 110 valence electrons.